The highest BCUT2D eigenvalue weighted by molar-refractivity contribution is 7.91. The topological polar surface area (TPSA) is 46.2 Å². The Morgan fingerprint density at radius 2 is 1.67 bits per heavy atom. The zero-order chi connectivity index (χ0) is 10.8. The van der Waals surface area contributed by atoms with Gasteiger partial charge in [0.15, 0.2) is 0 Å². The fourth-order valence-electron chi connectivity index (χ4n) is 1.35. The second kappa shape index (κ2) is 5.36. The molecule has 0 atom stereocenters. The third kappa shape index (κ3) is 6.21. The number of hydrogen-bond acceptors (Lipinski definition) is 3. The monoisotopic (exact) mass is 267 g/mol. The van der Waals surface area contributed by atoms with Crippen LogP contribution in [0.4, 0.5) is 13.2 Å². The highest BCUT2D eigenvalue weighted by Crippen LogP contribution is 2.16. The summed E-state index contributed by atoms with van der Waals surface area (Å²) >= 11 is 0. The molecule has 1 fully saturated rings. The van der Waals surface area contributed by atoms with Crippen LogP contribution in [-0.4, -0.2) is 38.7 Å². The summed E-state index contributed by atoms with van der Waals surface area (Å²) in [4.78, 5) is 0. The Morgan fingerprint density at radius 1 is 1.20 bits per heavy atom. The molecule has 0 aromatic heterocycles. The molecule has 1 saturated heterocycles. The van der Waals surface area contributed by atoms with Crippen molar-refractivity contribution in [1.29, 1.82) is 0 Å². The molecule has 0 amide bonds. The summed E-state index contributed by atoms with van der Waals surface area (Å²) in [6.45, 7) is -1.04. The second-order valence-corrected chi connectivity index (χ2v) is 5.73. The summed E-state index contributed by atoms with van der Waals surface area (Å²) in [5, 5.41) is 2.31. The summed E-state index contributed by atoms with van der Waals surface area (Å²) in [5.74, 6) is -0.0228. The second-order valence-electron chi connectivity index (χ2n) is 3.42. The first-order valence-electron chi connectivity index (χ1n) is 4.29. The molecule has 0 aromatic carbocycles. The molecule has 1 rings (SSSR count). The van der Waals surface area contributed by atoms with Crippen LogP contribution < -0.4 is 5.32 Å². The van der Waals surface area contributed by atoms with Crippen molar-refractivity contribution < 1.29 is 21.6 Å². The Labute approximate surface area is 92.7 Å². The fraction of sp³-hybridized carbons (Fsp3) is 1.00. The van der Waals surface area contributed by atoms with E-state index in [1.54, 1.807) is 0 Å². The van der Waals surface area contributed by atoms with E-state index in [1.165, 1.54) is 0 Å². The number of halogens is 4. The molecule has 3 nitrogen and oxygen atoms in total. The minimum absolute atomic E-state index is 0. The Balaban J connectivity index is 0.00000196. The van der Waals surface area contributed by atoms with Crippen molar-refractivity contribution in [2.75, 3.05) is 18.1 Å². The average Bonchev–Trinajstić information content (AvgIpc) is 2.01. The first-order valence-corrected chi connectivity index (χ1v) is 6.11. The molecule has 0 aliphatic carbocycles. The molecular weight excluding hydrogens is 255 g/mol. The molecule has 0 bridgehead atoms. The normalized spacial score (nSPS) is 22.1. The Morgan fingerprint density at radius 3 is 2.07 bits per heavy atom. The molecule has 8 heteroatoms. The number of sulfone groups is 1. The molecule has 0 unspecified atom stereocenters. The van der Waals surface area contributed by atoms with Gasteiger partial charge in [0.05, 0.1) is 18.1 Å². The van der Waals surface area contributed by atoms with Crippen molar-refractivity contribution >= 4 is 22.2 Å². The van der Waals surface area contributed by atoms with Crippen LogP contribution in [0.25, 0.3) is 0 Å². The van der Waals surface area contributed by atoms with Gasteiger partial charge >= 0.3 is 6.18 Å². The van der Waals surface area contributed by atoms with Gasteiger partial charge in [-0.3, -0.25) is 0 Å². The molecule has 15 heavy (non-hydrogen) atoms. The SMILES string of the molecule is Cl.O=S1(=O)CCC(NCC(F)(F)F)CC1. The van der Waals surface area contributed by atoms with Gasteiger partial charge in [0.2, 0.25) is 0 Å². The molecule has 0 saturated carbocycles. The first kappa shape index (κ1) is 15.0. The Bertz CT molecular complexity index is 277. The highest BCUT2D eigenvalue weighted by Gasteiger charge is 2.30. The number of rotatable bonds is 2. The van der Waals surface area contributed by atoms with Crippen LogP contribution >= 0.6 is 12.4 Å². The lowest BCUT2D eigenvalue weighted by molar-refractivity contribution is -0.126. The van der Waals surface area contributed by atoms with E-state index >= 15 is 0 Å². The van der Waals surface area contributed by atoms with E-state index in [4.69, 9.17) is 0 Å². The van der Waals surface area contributed by atoms with Gasteiger partial charge in [-0.2, -0.15) is 13.2 Å². The highest BCUT2D eigenvalue weighted by atomic mass is 35.5. The van der Waals surface area contributed by atoms with Crippen LogP contribution in [0.1, 0.15) is 12.8 Å². The van der Waals surface area contributed by atoms with Gasteiger partial charge in [0.25, 0.3) is 0 Å². The molecule has 1 aliphatic rings. The molecule has 1 aliphatic heterocycles. The van der Waals surface area contributed by atoms with Gasteiger partial charge < -0.3 is 5.32 Å². The summed E-state index contributed by atoms with van der Waals surface area (Å²) in [6, 6.07) is -0.319. The van der Waals surface area contributed by atoms with Crippen molar-refractivity contribution in [3.63, 3.8) is 0 Å². The smallest absolute Gasteiger partial charge is 0.306 e. The molecular formula is C7H13ClF3NO2S. The molecule has 92 valence electrons. The van der Waals surface area contributed by atoms with Crippen LogP contribution in [-0.2, 0) is 9.84 Å². The van der Waals surface area contributed by atoms with Crippen LogP contribution in [0.2, 0.25) is 0 Å². The van der Waals surface area contributed by atoms with Gasteiger partial charge in [-0.05, 0) is 12.8 Å². The van der Waals surface area contributed by atoms with Gasteiger partial charge in [0.1, 0.15) is 9.84 Å². The first-order chi connectivity index (χ1) is 6.29. The molecule has 1 N–H and O–H groups in total. The number of nitrogens with one attached hydrogen (secondary N) is 1. The molecule has 0 aromatic rings. The van der Waals surface area contributed by atoms with E-state index in [2.05, 4.69) is 5.32 Å². The van der Waals surface area contributed by atoms with Crippen molar-refractivity contribution in [1.82, 2.24) is 5.32 Å². The van der Waals surface area contributed by atoms with Crippen molar-refractivity contribution in [2.45, 2.75) is 25.1 Å². The lowest BCUT2D eigenvalue weighted by Gasteiger charge is -2.23. The van der Waals surface area contributed by atoms with E-state index in [-0.39, 0.29) is 42.8 Å². The minimum Gasteiger partial charge on any atom is -0.306 e. The minimum atomic E-state index is -4.23. The van der Waals surface area contributed by atoms with Gasteiger partial charge in [-0.15, -0.1) is 12.4 Å². The lowest BCUT2D eigenvalue weighted by atomic mass is 10.1. The summed E-state index contributed by atoms with van der Waals surface area (Å²) < 4.78 is 57.2. The van der Waals surface area contributed by atoms with Crippen molar-refractivity contribution in [3.05, 3.63) is 0 Å². The van der Waals surface area contributed by atoms with Crippen LogP contribution in [0.5, 0.6) is 0 Å². The van der Waals surface area contributed by atoms with Crippen LogP contribution in [0.15, 0.2) is 0 Å². The molecule has 0 radical (unpaired) electrons. The van der Waals surface area contributed by atoms with E-state index < -0.39 is 22.6 Å². The maximum absolute atomic E-state index is 11.8. The van der Waals surface area contributed by atoms with Crippen molar-refractivity contribution in [2.24, 2.45) is 0 Å². The third-order valence-corrected chi connectivity index (χ3v) is 3.86. The maximum atomic E-state index is 11.8. The van der Waals surface area contributed by atoms with Gasteiger partial charge in [0, 0.05) is 6.04 Å². The fourth-order valence-corrected chi connectivity index (χ4v) is 2.85. The van der Waals surface area contributed by atoms with Gasteiger partial charge in [-0.1, -0.05) is 0 Å². The lowest BCUT2D eigenvalue weighted by Crippen LogP contribution is -2.41. The average molecular weight is 268 g/mol. The summed E-state index contributed by atoms with van der Waals surface area (Å²) in [6.07, 6.45) is -3.67. The number of alkyl halides is 3. The quantitative estimate of drug-likeness (QED) is 0.816. The van der Waals surface area contributed by atoms with E-state index in [1.807, 2.05) is 0 Å². The zero-order valence-electron chi connectivity index (χ0n) is 7.88. The standard InChI is InChI=1S/C7H12F3NO2S.ClH/c8-7(9,10)5-11-6-1-3-14(12,13)4-2-6;/h6,11H,1-5H2;1H. The third-order valence-electron chi connectivity index (χ3n) is 2.15. The maximum Gasteiger partial charge on any atom is 0.401 e. The van der Waals surface area contributed by atoms with E-state index in [0.717, 1.165) is 0 Å². The van der Waals surface area contributed by atoms with E-state index in [0.29, 0.717) is 0 Å². The zero-order valence-corrected chi connectivity index (χ0v) is 9.51. The number of hydrogen-bond donors (Lipinski definition) is 1. The summed E-state index contributed by atoms with van der Waals surface area (Å²) in [7, 11) is -2.99. The van der Waals surface area contributed by atoms with E-state index in [9.17, 15) is 21.6 Å². The summed E-state index contributed by atoms with van der Waals surface area (Å²) in [5.41, 5.74) is 0. The predicted octanol–water partition coefficient (Wildman–Crippen LogP) is 1.14. The molecule has 0 spiro atoms. The predicted molar refractivity (Wildman–Crippen MR) is 53.0 cm³/mol. The van der Waals surface area contributed by atoms with Crippen LogP contribution in [0, 0.1) is 0 Å². The Hall–Kier alpha value is -0.0100. The van der Waals surface area contributed by atoms with Crippen molar-refractivity contribution in [3.8, 4) is 0 Å². The van der Waals surface area contributed by atoms with Crippen LogP contribution in [0.3, 0.4) is 0 Å². The van der Waals surface area contributed by atoms with Gasteiger partial charge in [-0.25, -0.2) is 8.42 Å². The Kier molecular flexibility index (Phi) is 5.35. The molecule has 1 heterocycles. The largest absolute Gasteiger partial charge is 0.401 e.